The van der Waals surface area contributed by atoms with Gasteiger partial charge in [0.2, 0.25) is 5.91 Å². The molecule has 1 aliphatic heterocycles. The van der Waals surface area contributed by atoms with Gasteiger partial charge >= 0.3 is 5.97 Å². The third-order valence-electron chi connectivity index (χ3n) is 2.72. The Bertz CT molecular complexity index is 305. The van der Waals surface area contributed by atoms with Gasteiger partial charge in [-0.1, -0.05) is 12.8 Å². The molecule has 1 heterocycles. The van der Waals surface area contributed by atoms with Gasteiger partial charge in [-0.25, -0.2) is 9.80 Å². The third kappa shape index (κ3) is 1.49. The highest BCUT2D eigenvalue weighted by Gasteiger charge is 2.34. The molecule has 0 saturated heterocycles. The highest BCUT2D eigenvalue weighted by Crippen LogP contribution is 2.26. The lowest BCUT2D eigenvalue weighted by molar-refractivity contribution is -0.131. The second-order valence-corrected chi connectivity index (χ2v) is 3.71. The zero-order valence-corrected chi connectivity index (χ0v) is 7.77. The van der Waals surface area contributed by atoms with Crippen LogP contribution in [0.2, 0.25) is 0 Å². The SMILES string of the molecule is O=C(O)C1=NN(C2CCCC2)C(=O)C1. The Hall–Kier alpha value is -1.39. The first-order valence-electron chi connectivity index (χ1n) is 4.81. The van der Waals surface area contributed by atoms with Crippen molar-refractivity contribution in [2.75, 3.05) is 0 Å². The molecule has 0 radical (unpaired) electrons. The quantitative estimate of drug-likeness (QED) is 0.703. The van der Waals surface area contributed by atoms with Gasteiger partial charge in [0, 0.05) is 0 Å². The number of hydrogen-bond acceptors (Lipinski definition) is 3. The first kappa shape index (κ1) is 9.18. The van der Waals surface area contributed by atoms with E-state index in [1.807, 2.05) is 0 Å². The van der Waals surface area contributed by atoms with Crippen molar-refractivity contribution in [2.45, 2.75) is 38.1 Å². The summed E-state index contributed by atoms with van der Waals surface area (Å²) in [5.41, 5.74) is -0.0260. The van der Waals surface area contributed by atoms with Gasteiger partial charge in [-0.15, -0.1) is 0 Å². The highest BCUT2D eigenvalue weighted by molar-refractivity contribution is 6.40. The maximum absolute atomic E-state index is 11.4. The number of amides is 1. The van der Waals surface area contributed by atoms with Crippen molar-refractivity contribution in [3.63, 3.8) is 0 Å². The number of nitrogens with zero attached hydrogens (tertiary/aromatic N) is 2. The van der Waals surface area contributed by atoms with Gasteiger partial charge in [0.05, 0.1) is 12.5 Å². The van der Waals surface area contributed by atoms with E-state index in [2.05, 4.69) is 5.10 Å². The van der Waals surface area contributed by atoms with Crippen molar-refractivity contribution in [3.05, 3.63) is 0 Å². The monoisotopic (exact) mass is 196 g/mol. The minimum atomic E-state index is -1.08. The van der Waals surface area contributed by atoms with E-state index in [0.717, 1.165) is 25.7 Å². The number of carbonyl (C=O) groups excluding carboxylic acids is 1. The molecule has 0 atom stereocenters. The van der Waals surface area contributed by atoms with Gasteiger partial charge in [-0.05, 0) is 12.8 Å². The van der Waals surface area contributed by atoms with Crippen molar-refractivity contribution >= 4 is 17.6 Å². The van der Waals surface area contributed by atoms with Crippen molar-refractivity contribution in [2.24, 2.45) is 5.10 Å². The summed E-state index contributed by atoms with van der Waals surface area (Å²) in [5.74, 6) is -1.26. The summed E-state index contributed by atoms with van der Waals surface area (Å²) < 4.78 is 0. The molecule has 1 aliphatic carbocycles. The van der Waals surface area contributed by atoms with Crippen LogP contribution in [0, 0.1) is 0 Å². The summed E-state index contributed by atoms with van der Waals surface area (Å²) in [6.45, 7) is 0. The number of rotatable bonds is 2. The summed E-state index contributed by atoms with van der Waals surface area (Å²) in [4.78, 5) is 22.0. The van der Waals surface area contributed by atoms with E-state index < -0.39 is 5.97 Å². The van der Waals surface area contributed by atoms with E-state index in [1.165, 1.54) is 5.01 Å². The normalized spacial score (nSPS) is 23.0. The Morgan fingerprint density at radius 2 is 2.07 bits per heavy atom. The van der Waals surface area contributed by atoms with E-state index >= 15 is 0 Å². The predicted molar refractivity (Wildman–Crippen MR) is 48.8 cm³/mol. The standard InChI is InChI=1S/C9H12N2O3/c12-8-5-7(9(13)14)10-11(8)6-3-1-2-4-6/h6H,1-5H2,(H,13,14). The molecule has 0 unspecified atom stereocenters. The average molecular weight is 196 g/mol. The topological polar surface area (TPSA) is 70.0 Å². The zero-order chi connectivity index (χ0) is 10.1. The predicted octanol–water partition coefficient (Wildman–Crippen LogP) is 0.602. The Morgan fingerprint density at radius 1 is 1.43 bits per heavy atom. The molecule has 1 fully saturated rings. The Morgan fingerprint density at radius 3 is 2.57 bits per heavy atom. The maximum atomic E-state index is 11.4. The Kier molecular flexibility index (Phi) is 2.23. The number of carbonyl (C=O) groups is 2. The molecule has 2 rings (SSSR count). The minimum Gasteiger partial charge on any atom is -0.477 e. The van der Waals surface area contributed by atoms with Crippen LogP contribution in [0.3, 0.4) is 0 Å². The first-order chi connectivity index (χ1) is 6.68. The molecule has 0 aromatic rings. The van der Waals surface area contributed by atoms with Crippen LogP contribution in [-0.4, -0.2) is 33.7 Å². The van der Waals surface area contributed by atoms with Crippen LogP contribution in [0.4, 0.5) is 0 Å². The number of carboxylic acids is 1. The molecule has 1 amide bonds. The van der Waals surface area contributed by atoms with E-state index in [9.17, 15) is 9.59 Å². The fraction of sp³-hybridized carbons (Fsp3) is 0.667. The lowest BCUT2D eigenvalue weighted by Gasteiger charge is -2.18. The lowest BCUT2D eigenvalue weighted by atomic mass is 10.2. The van der Waals surface area contributed by atoms with Crippen molar-refractivity contribution in [1.29, 1.82) is 0 Å². The molecule has 5 heteroatoms. The molecule has 0 aromatic carbocycles. The largest absolute Gasteiger partial charge is 0.477 e. The van der Waals surface area contributed by atoms with Crippen LogP contribution in [0.15, 0.2) is 5.10 Å². The van der Waals surface area contributed by atoms with E-state index in [0.29, 0.717) is 0 Å². The fourth-order valence-electron chi connectivity index (χ4n) is 2.00. The van der Waals surface area contributed by atoms with Crippen LogP contribution in [0.1, 0.15) is 32.1 Å². The molecule has 5 nitrogen and oxygen atoms in total. The zero-order valence-electron chi connectivity index (χ0n) is 7.77. The second kappa shape index (κ2) is 3.40. The lowest BCUT2D eigenvalue weighted by Crippen LogP contribution is -2.30. The van der Waals surface area contributed by atoms with Crippen LogP contribution < -0.4 is 0 Å². The van der Waals surface area contributed by atoms with Crippen molar-refractivity contribution < 1.29 is 14.7 Å². The van der Waals surface area contributed by atoms with Gasteiger partial charge in [0.1, 0.15) is 0 Å². The molecular weight excluding hydrogens is 184 g/mol. The van der Waals surface area contributed by atoms with Gasteiger partial charge in [-0.3, -0.25) is 4.79 Å². The van der Waals surface area contributed by atoms with Crippen LogP contribution in [0.5, 0.6) is 0 Å². The summed E-state index contributed by atoms with van der Waals surface area (Å²) in [6, 6.07) is 0.138. The van der Waals surface area contributed by atoms with Gasteiger partial charge in [-0.2, -0.15) is 5.10 Å². The molecule has 0 aromatic heterocycles. The number of hydrazone groups is 1. The van der Waals surface area contributed by atoms with E-state index in [-0.39, 0.29) is 24.1 Å². The molecule has 1 N–H and O–H groups in total. The Labute approximate surface area is 81.4 Å². The number of carboxylic acid groups (broad SMARTS) is 1. The van der Waals surface area contributed by atoms with E-state index in [4.69, 9.17) is 5.11 Å². The molecule has 0 bridgehead atoms. The van der Waals surface area contributed by atoms with Gasteiger partial charge < -0.3 is 5.11 Å². The fourth-order valence-corrected chi connectivity index (χ4v) is 2.00. The molecule has 0 spiro atoms. The minimum absolute atomic E-state index is 0.0260. The van der Waals surface area contributed by atoms with Crippen LogP contribution in [-0.2, 0) is 9.59 Å². The molecular formula is C9H12N2O3. The van der Waals surface area contributed by atoms with Gasteiger partial charge in [0.25, 0.3) is 0 Å². The smallest absolute Gasteiger partial charge is 0.352 e. The molecule has 2 aliphatic rings. The first-order valence-corrected chi connectivity index (χ1v) is 4.81. The summed E-state index contributed by atoms with van der Waals surface area (Å²) >= 11 is 0. The second-order valence-electron chi connectivity index (χ2n) is 3.71. The summed E-state index contributed by atoms with van der Waals surface area (Å²) in [5, 5.41) is 13.9. The molecule has 14 heavy (non-hydrogen) atoms. The summed E-state index contributed by atoms with van der Waals surface area (Å²) in [6.07, 6.45) is 4.05. The van der Waals surface area contributed by atoms with Crippen LogP contribution in [0.25, 0.3) is 0 Å². The average Bonchev–Trinajstić information content (AvgIpc) is 2.71. The maximum Gasteiger partial charge on any atom is 0.352 e. The van der Waals surface area contributed by atoms with Crippen LogP contribution >= 0.6 is 0 Å². The number of hydrogen-bond donors (Lipinski definition) is 1. The van der Waals surface area contributed by atoms with Gasteiger partial charge in [0.15, 0.2) is 5.71 Å². The summed E-state index contributed by atoms with van der Waals surface area (Å²) in [7, 11) is 0. The molecule has 1 saturated carbocycles. The molecule has 76 valence electrons. The third-order valence-corrected chi connectivity index (χ3v) is 2.72. The highest BCUT2D eigenvalue weighted by atomic mass is 16.4. The van der Waals surface area contributed by atoms with Crippen molar-refractivity contribution in [3.8, 4) is 0 Å². The Balaban J connectivity index is 2.11. The van der Waals surface area contributed by atoms with E-state index in [1.54, 1.807) is 0 Å². The number of aliphatic carboxylic acids is 1. The van der Waals surface area contributed by atoms with Crippen molar-refractivity contribution in [1.82, 2.24) is 5.01 Å².